The number of carbonyl (C=O) groups is 1. The molecule has 7 heteroatoms. The predicted octanol–water partition coefficient (Wildman–Crippen LogP) is 2.46. The van der Waals surface area contributed by atoms with E-state index in [2.05, 4.69) is 20.5 Å². The van der Waals surface area contributed by atoms with Gasteiger partial charge in [-0.05, 0) is 38.7 Å². The Morgan fingerprint density at radius 3 is 2.90 bits per heavy atom. The van der Waals surface area contributed by atoms with Crippen molar-refractivity contribution in [2.24, 2.45) is 0 Å². The van der Waals surface area contributed by atoms with Crippen LogP contribution in [0.3, 0.4) is 0 Å². The number of amides is 1. The normalized spacial score (nSPS) is 13.6. The zero-order chi connectivity index (χ0) is 14.7. The first-order valence-electron chi connectivity index (χ1n) is 7.02. The lowest BCUT2D eigenvalue weighted by molar-refractivity contribution is 0.102. The summed E-state index contributed by atoms with van der Waals surface area (Å²) in [6.07, 6.45) is 4.44. The first-order chi connectivity index (χ1) is 10.3. The van der Waals surface area contributed by atoms with Gasteiger partial charge in [-0.15, -0.1) is 21.5 Å². The molecule has 0 radical (unpaired) electrons. The SMILES string of the molecule is CCOc1ccc(C(=O)Nc2nc3c(s2)CCCC3)nn1. The number of nitrogens with zero attached hydrogens (tertiary/aromatic N) is 3. The molecule has 3 rings (SSSR count). The third kappa shape index (κ3) is 3.18. The zero-order valence-corrected chi connectivity index (χ0v) is 12.6. The van der Waals surface area contributed by atoms with Gasteiger partial charge in [0.15, 0.2) is 10.8 Å². The van der Waals surface area contributed by atoms with Crippen LogP contribution in [0.2, 0.25) is 0 Å². The van der Waals surface area contributed by atoms with Crippen molar-refractivity contribution in [1.82, 2.24) is 15.2 Å². The molecule has 2 heterocycles. The van der Waals surface area contributed by atoms with E-state index in [1.807, 2.05) is 6.92 Å². The number of thiazole rings is 1. The fourth-order valence-electron chi connectivity index (χ4n) is 2.23. The lowest BCUT2D eigenvalue weighted by atomic mass is 10.0. The van der Waals surface area contributed by atoms with E-state index >= 15 is 0 Å². The average Bonchev–Trinajstić information content (AvgIpc) is 2.90. The van der Waals surface area contributed by atoms with E-state index in [0.29, 0.717) is 17.6 Å². The third-order valence-corrected chi connectivity index (χ3v) is 4.30. The van der Waals surface area contributed by atoms with Crippen LogP contribution in [-0.4, -0.2) is 27.7 Å². The first kappa shape index (κ1) is 13.9. The van der Waals surface area contributed by atoms with Crippen LogP contribution >= 0.6 is 11.3 Å². The fourth-order valence-corrected chi connectivity index (χ4v) is 3.28. The van der Waals surface area contributed by atoms with Gasteiger partial charge in [0.1, 0.15) is 0 Å². The van der Waals surface area contributed by atoms with Crippen LogP contribution in [0.25, 0.3) is 0 Å². The van der Waals surface area contributed by atoms with E-state index in [4.69, 9.17) is 4.74 Å². The van der Waals surface area contributed by atoms with Gasteiger partial charge in [0, 0.05) is 10.9 Å². The van der Waals surface area contributed by atoms with Gasteiger partial charge in [0.25, 0.3) is 5.91 Å². The highest BCUT2D eigenvalue weighted by Gasteiger charge is 2.17. The molecule has 1 aliphatic rings. The number of carbonyl (C=O) groups excluding carboxylic acids is 1. The number of anilines is 1. The molecule has 2 aromatic rings. The van der Waals surface area contributed by atoms with Gasteiger partial charge in [-0.3, -0.25) is 10.1 Å². The van der Waals surface area contributed by atoms with Crippen LogP contribution in [0.1, 0.15) is 40.8 Å². The van der Waals surface area contributed by atoms with Crippen LogP contribution in [0.5, 0.6) is 5.88 Å². The Morgan fingerprint density at radius 2 is 2.19 bits per heavy atom. The molecule has 0 saturated heterocycles. The second kappa shape index (κ2) is 6.17. The zero-order valence-electron chi connectivity index (χ0n) is 11.8. The summed E-state index contributed by atoms with van der Waals surface area (Å²) < 4.78 is 5.20. The topological polar surface area (TPSA) is 77.0 Å². The molecule has 0 aromatic carbocycles. The number of aryl methyl sites for hydroxylation is 2. The van der Waals surface area contributed by atoms with Crippen molar-refractivity contribution in [2.45, 2.75) is 32.6 Å². The number of hydrogen-bond acceptors (Lipinski definition) is 6. The molecule has 0 aliphatic heterocycles. The first-order valence-corrected chi connectivity index (χ1v) is 7.84. The Balaban J connectivity index is 1.69. The molecule has 1 amide bonds. The number of ether oxygens (including phenoxy) is 1. The Hall–Kier alpha value is -2.02. The monoisotopic (exact) mass is 304 g/mol. The van der Waals surface area contributed by atoms with E-state index in [-0.39, 0.29) is 11.6 Å². The number of aromatic nitrogens is 3. The second-order valence-electron chi connectivity index (χ2n) is 4.74. The molecule has 1 N–H and O–H groups in total. The maximum atomic E-state index is 12.1. The molecule has 21 heavy (non-hydrogen) atoms. The largest absolute Gasteiger partial charge is 0.477 e. The molecule has 0 atom stereocenters. The van der Waals surface area contributed by atoms with Crippen LogP contribution in [0.4, 0.5) is 5.13 Å². The van der Waals surface area contributed by atoms with Gasteiger partial charge in [-0.1, -0.05) is 0 Å². The third-order valence-electron chi connectivity index (χ3n) is 3.23. The van der Waals surface area contributed by atoms with Crippen molar-refractivity contribution < 1.29 is 9.53 Å². The quantitative estimate of drug-likeness (QED) is 0.939. The van der Waals surface area contributed by atoms with Gasteiger partial charge >= 0.3 is 0 Å². The summed E-state index contributed by atoms with van der Waals surface area (Å²) in [7, 11) is 0. The second-order valence-corrected chi connectivity index (χ2v) is 5.82. The summed E-state index contributed by atoms with van der Waals surface area (Å²) in [6, 6.07) is 3.24. The summed E-state index contributed by atoms with van der Waals surface area (Å²) in [5, 5.41) is 11.1. The predicted molar refractivity (Wildman–Crippen MR) is 79.9 cm³/mol. The Morgan fingerprint density at radius 1 is 1.33 bits per heavy atom. The van der Waals surface area contributed by atoms with E-state index in [1.54, 1.807) is 23.5 Å². The number of nitrogens with one attached hydrogen (secondary N) is 1. The molecular weight excluding hydrogens is 288 g/mol. The molecule has 110 valence electrons. The Bertz CT molecular complexity index is 615. The van der Waals surface area contributed by atoms with Gasteiger partial charge < -0.3 is 4.74 Å². The van der Waals surface area contributed by atoms with Crippen molar-refractivity contribution in [2.75, 3.05) is 11.9 Å². The van der Waals surface area contributed by atoms with Crippen molar-refractivity contribution in [1.29, 1.82) is 0 Å². The van der Waals surface area contributed by atoms with E-state index in [0.717, 1.165) is 18.5 Å². The maximum Gasteiger partial charge on any atom is 0.277 e. The molecular formula is C14H16N4O2S. The highest BCUT2D eigenvalue weighted by Crippen LogP contribution is 2.29. The highest BCUT2D eigenvalue weighted by molar-refractivity contribution is 7.15. The van der Waals surface area contributed by atoms with Crippen molar-refractivity contribution >= 4 is 22.4 Å². The van der Waals surface area contributed by atoms with Crippen molar-refractivity contribution in [3.8, 4) is 5.88 Å². The summed E-state index contributed by atoms with van der Waals surface area (Å²) in [5.41, 5.74) is 1.38. The summed E-state index contributed by atoms with van der Waals surface area (Å²) >= 11 is 1.55. The fraction of sp³-hybridized carbons (Fsp3) is 0.429. The van der Waals surface area contributed by atoms with E-state index in [9.17, 15) is 4.79 Å². The number of fused-ring (bicyclic) bond motifs is 1. The molecule has 0 unspecified atom stereocenters. The minimum Gasteiger partial charge on any atom is -0.477 e. The number of hydrogen-bond donors (Lipinski definition) is 1. The molecule has 0 bridgehead atoms. The van der Waals surface area contributed by atoms with Gasteiger partial charge in [0.05, 0.1) is 12.3 Å². The van der Waals surface area contributed by atoms with E-state index in [1.165, 1.54) is 17.7 Å². The van der Waals surface area contributed by atoms with Crippen molar-refractivity contribution in [3.05, 3.63) is 28.4 Å². The lowest BCUT2D eigenvalue weighted by Gasteiger charge is -2.06. The molecule has 0 fully saturated rings. The molecule has 6 nitrogen and oxygen atoms in total. The molecule has 0 spiro atoms. The minimum absolute atomic E-state index is 0.256. The van der Waals surface area contributed by atoms with Crippen LogP contribution in [-0.2, 0) is 12.8 Å². The number of rotatable bonds is 4. The Kier molecular flexibility index (Phi) is 4.10. The molecule has 2 aromatic heterocycles. The average molecular weight is 304 g/mol. The molecule has 0 saturated carbocycles. The highest BCUT2D eigenvalue weighted by atomic mass is 32.1. The van der Waals surface area contributed by atoms with Crippen LogP contribution < -0.4 is 10.1 Å². The van der Waals surface area contributed by atoms with Gasteiger partial charge in [-0.2, -0.15) is 0 Å². The maximum absolute atomic E-state index is 12.1. The summed E-state index contributed by atoms with van der Waals surface area (Å²) in [6.45, 7) is 2.39. The lowest BCUT2D eigenvalue weighted by Crippen LogP contribution is -2.14. The van der Waals surface area contributed by atoms with Crippen LogP contribution in [0.15, 0.2) is 12.1 Å². The van der Waals surface area contributed by atoms with Gasteiger partial charge in [0.2, 0.25) is 5.88 Å². The Labute approximate surface area is 126 Å². The summed E-state index contributed by atoms with van der Waals surface area (Å²) in [5.74, 6) is 0.121. The molecule has 1 aliphatic carbocycles. The van der Waals surface area contributed by atoms with Crippen LogP contribution in [0, 0.1) is 0 Å². The minimum atomic E-state index is -0.295. The van der Waals surface area contributed by atoms with Gasteiger partial charge in [-0.25, -0.2) is 4.98 Å². The van der Waals surface area contributed by atoms with E-state index < -0.39 is 0 Å². The smallest absolute Gasteiger partial charge is 0.277 e. The summed E-state index contributed by atoms with van der Waals surface area (Å²) in [4.78, 5) is 17.9. The van der Waals surface area contributed by atoms with Crippen molar-refractivity contribution in [3.63, 3.8) is 0 Å². The standard InChI is InChI=1S/C14H16N4O2S/c1-2-20-12-8-7-10(17-18-12)13(19)16-14-15-9-5-3-4-6-11(9)21-14/h7-8H,2-6H2,1H3,(H,15,16,19).